The third kappa shape index (κ3) is 3.12. The fourth-order valence-electron chi connectivity index (χ4n) is 1.98. The minimum atomic E-state index is -0.0193. The molecule has 0 radical (unpaired) electrons. The van der Waals surface area contributed by atoms with E-state index in [-0.39, 0.29) is 35.3 Å². The number of amides is 1. The molecular formula is C13H10Cl2N8O. The molecule has 1 aromatic carbocycles. The highest BCUT2D eigenvalue weighted by atomic mass is 35.5. The number of fused-ring (bicyclic) bond motifs is 1. The molecule has 0 aliphatic heterocycles. The zero-order chi connectivity index (χ0) is 17.3. The molecule has 3 aromatic rings. The highest BCUT2D eigenvalue weighted by Gasteiger charge is 2.13. The summed E-state index contributed by atoms with van der Waals surface area (Å²) in [5.41, 5.74) is 12.2. The highest BCUT2D eigenvalue weighted by Crippen LogP contribution is 2.27. The standard InChI is InChI=1S/C13H10Cl2N8O/c14-7-2-1-6(3-8(7)15)23(5-24)4-9-18-10-11(16)19-13(17)20-12(10)22-21-9/h1-3,5H,4H2,(H4,16,17,19,20,22). The second kappa shape index (κ2) is 6.38. The van der Waals surface area contributed by atoms with Crippen molar-refractivity contribution in [1.82, 2.24) is 25.1 Å². The Morgan fingerprint density at radius 1 is 1.08 bits per heavy atom. The molecule has 2 aromatic heterocycles. The molecular weight excluding hydrogens is 355 g/mol. The van der Waals surface area contributed by atoms with Crippen molar-refractivity contribution in [3.8, 4) is 0 Å². The van der Waals surface area contributed by atoms with E-state index in [1.54, 1.807) is 18.2 Å². The quantitative estimate of drug-likeness (QED) is 0.663. The molecule has 0 bridgehead atoms. The fourth-order valence-corrected chi connectivity index (χ4v) is 2.28. The molecule has 2 heterocycles. The smallest absolute Gasteiger partial charge is 0.224 e. The number of anilines is 3. The normalized spacial score (nSPS) is 10.8. The number of halogens is 2. The molecule has 1 amide bonds. The number of hydrogen-bond donors (Lipinski definition) is 2. The van der Waals surface area contributed by atoms with E-state index in [9.17, 15) is 4.79 Å². The lowest BCUT2D eigenvalue weighted by atomic mass is 10.3. The van der Waals surface area contributed by atoms with E-state index < -0.39 is 0 Å². The molecule has 11 heteroatoms. The van der Waals surface area contributed by atoms with Gasteiger partial charge in [0.2, 0.25) is 18.0 Å². The van der Waals surface area contributed by atoms with Gasteiger partial charge in [-0.2, -0.15) is 9.97 Å². The van der Waals surface area contributed by atoms with Crippen molar-refractivity contribution in [1.29, 1.82) is 0 Å². The Balaban J connectivity index is 1.94. The molecule has 0 aliphatic carbocycles. The first-order valence-corrected chi connectivity index (χ1v) is 7.33. The summed E-state index contributed by atoms with van der Waals surface area (Å²) in [6, 6.07) is 4.80. The number of aromatic nitrogens is 5. The van der Waals surface area contributed by atoms with Gasteiger partial charge in [0.1, 0.15) is 0 Å². The lowest BCUT2D eigenvalue weighted by molar-refractivity contribution is -0.107. The molecule has 0 saturated carbocycles. The van der Waals surface area contributed by atoms with Crippen LogP contribution in [0, 0.1) is 0 Å². The average molecular weight is 365 g/mol. The molecule has 0 saturated heterocycles. The van der Waals surface area contributed by atoms with E-state index in [1.807, 2.05) is 0 Å². The first-order chi connectivity index (χ1) is 11.5. The van der Waals surface area contributed by atoms with Gasteiger partial charge in [0, 0.05) is 5.69 Å². The average Bonchev–Trinajstić information content (AvgIpc) is 2.55. The van der Waals surface area contributed by atoms with Gasteiger partial charge in [0.05, 0.1) is 16.6 Å². The minimum absolute atomic E-state index is 0.0193. The van der Waals surface area contributed by atoms with Crippen LogP contribution in [-0.2, 0) is 11.3 Å². The molecule has 4 N–H and O–H groups in total. The van der Waals surface area contributed by atoms with Crippen molar-refractivity contribution in [2.24, 2.45) is 0 Å². The number of carbonyl (C=O) groups excluding carboxylic acids is 1. The maximum Gasteiger partial charge on any atom is 0.224 e. The van der Waals surface area contributed by atoms with Gasteiger partial charge < -0.3 is 16.4 Å². The molecule has 0 unspecified atom stereocenters. The second-order valence-electron chi connectivity index (χ2n) is 4.70. The third-order valence-electron chi connectivity index (χ3n) is 3.08. The van der Waals surface area contributed by atoms with E-state index in [2.05, 4.69) is 25.1 Å². The predicted octanol–water partition coefficient (Wildman–Crippen LogP) is 1.45. The van der Waals surface area contributed by atoms with Crippen molar-refractivity contribution in [3.05, 3.63) is 34.1 Å². The molecule has 24 heavy (non-hydrogen) atoms. The van der Waals surface area contributed by atoms with Crippen molar-refractivity contribution in [2.45, 2.75) is 6.54 Å². The van der Waals surface area contributed by atoms with Crippen LogP contribution in [0.5, 0.6) is 0 Å². The summed E-state index contributed by atoms with van der Waals surface area (Å²) in [6.45, 7) is 0.0498. The van der Waals surface area contributed by atoms with Crippen LogP contribution in [0.4, 0.5) is 17.5 Å². The Morgan fingerprint density at radius 2 is 1.88 bits per heavy atom. The summed E-state index contributed by atoms with van der Waals surface area (Å²) in [5, 5.41) is 8.53. The summed E-state index contributed by atoms with van der Waals surface area (Å²) in [4.78, 5) is 24.7. The summed E-state index contributed by atoms with van der Waals surface area (Å²) >= 11 is 11.8. The Hall–Kier alpha value is -2.78. The number of nitrogens with two attached hydrogens (primary N) is 2. The van der Waals surface area contributed by atoms with Gasteiger partial charge in [-0.15, -0.1) is 10.2 Å². The maximum atomic E-state index is 11.4. The fraction of sp³-hybridized carbons (Fsp3) is 0.0769. The third-order valence-corrected chi connectivity index (χ3v) is 3.82. The van der Waals surface area contributed by atoms with E-state index >= 15 is 0 Å². The van der Waals surface area contributed by atoms with Crippen LogP contribution in [0.15, 0.2) is 18.2 Å². The van der Waals surface area contributed by atoms with E-state index in [0.717, 1.165) is 0 Å². The Kier molecular flexibility index (Phi) is 4.28. The lowest BCUT2D eigenvalue weighted by Crippen LogP contribution is -2.22. The lowest BCUT2D eigenvalue weighted by Gasteiger charge is -2.17. The molecule has 3 rings (SSSR count). The SMILES string of the molecule is Nc1nc(N)c2nc(CN(C=O)c3ccc(Cl)c(Cl)c3)nnc2n1. The largest absolute Gasteiger partial charge is 0.382 e. The summed E-state index contributed by atoms with van der Waals surface area (Å²) in [5.74, 6) is 0.316. The van der Waals surface area contributed by atoms with Crippen molar-refractivity contribution < 1.29 is 4.79 Å². The second-order valence-corrected chi connectivity index (χ2v) is 5.51. The van der Waals surface area contributed by atoms with Crippen LogP contribution in [0.1, 0.15) is 5.82 Å². The topological polar surface area (TPSA) is 137 Å². The van der Waals surface area contributed by atoms with Crippen LogP contribution >= 0.6 is 23.2 Å². The van der Waals surface area contributed by atoms with Gasteiger partial charge in [-0.1, -0.05) is 23.2 Å². The molecule has 9 nitrogen and oxygen atoms in total. The van der Waals surface area contributed by atoms with E-state index in [1.165, 1.54) is 4.90 Å². The van der Waals surface area contributed by atoms with Crippen LogP contribution in [0.25, 0.3) is 11.2 Å². The van der Waals surface area contributed by atoms with Crippen LogP contribution in [0.2, 0.25) is 10.0 Å². The van der Waals surface area contributed by atoms with Crippen molar-refractivity contribution in [3.63, 3.8) is 0 Å². The molecule has 122 valence electrons. The number of hydrogen-bond acceptors (Lipinski definition) is 8. The predicted molar refractivity (Wildman–Crippen MR) is 90.5 cm³/mol. The van der Waals surface area contributed by atoms with E-state index in [0.29, 0.717) is 22.1 Å². The number of nitrogen functional groups attached to an aromatic ring is 2. The summed E-state index contributed by atoms with van der Waals surface area (Å²) in [6.07, 6.45) is 0.621. The van der Waals surface area contributed by atoms with Crippen LogP contribution in [-0.4, -0.2) is 31.6 Å². The number of nitrogens with zero attached hydrogens (tertiary/aromatic N) is 6. The number of carbonyl (C=O) groups is 1. The van der Waals surface area contributed by atoms with Crippen LogP contribution < -0.4 is 16.4 Å². The first-order valence-electron chi connectivity index (χ1n) is 6.57. The van der Waals surface area contributed by atoms with Gasteiger partial charge in [-0.25, -0.2) is 4.98 Å². The van der Waals surface area contributed by atoms with Crippen molar-refractivity contribution >= 4 is 58.2 Å². The number of benzene rings is 1. The van der Waals surface area contributed by atoms with Gasteiger partial charge >= 0.3 is 0 Å². The molecule has 0 atom stereocenters. The monoisotopic (exact) mass is 364 g/mol. The molecule has 0 fully saturated rings. The van der Waals surface area contributed by atoms with Gasteiger partial charge in [-0.3, -0.25) is 4.79 Å². The minimum Gasteiger partial charge on any atom is -0.382 e. The Labute approximate surface area is 145 Å². The Bertz CT molecular complexity index is 935. The van der Waals surface area contributed by atoms with Crippen LogP contribution in [0.3, 0.4) is 0 Å². The highest BCUT2D eigenvalue weighted by molar-refractivity contribution is 6.42. The van der Waals surface area contributed by atoms with Gasteiger partial charge in [0.15, 0.2) is 17.2 Å². The maximum absolute atomic E-state index is 11.4. The zero-order valence-corrected chi connectivity index (χ0v) is 13.5. The Morgan fingerprint density at radius 3 is 2.58 bits per heavy atom. The molecule has 0 spiro atoms. The van der Waals surface area contributed by atoms with E-state index in [4.69, 9.17) is 34.7 Å². The summed E-state index contributed by atoms with van der Waals surface area (Å²) in [7, 11) is 0. The zero-order valence-electron chi connectivity index (χ0n) is 12.0. The molecule has 0 aliphatic rings. The van der Waals surface area contributed by atoms with Crippen molar-refractivity contribution in [2.75, 3.05) is 16.4 Å². The first kappa shape index (κ1) is 16.1. The van der Waals surface area contributed by atoms with Gasteiger partial charge in [0.25, 0.3) is 0 Å². The summed E-state index contributed by atoms with van der Waals surface area (Å²) < 4.78 is 0. The number of rotatable bonds is 4. The van der Waals surface area contributed by atoms with Gasteiger partial charge in [-0.05, 0) is 18.2 Å².